The van der Waals surface area contributed by atoms with E-state index in [2.05, 4.69) is 36.9 Å². The number of nitrogens with two attached hydrogens (primary N) is 1. The van der Waals surface area contributed by atoms with Crippen molar-refractivity contribution in [2.45, 2.75) is 26.3 Å². The van der Waals surface area contributed by atoms with Crippen LogP contribution < -0.4 is 10.5 Å². The Morgan fingerprint density at radius 3 is 2.74 bits per heavy atom. The maximum absolute atomic E-state index is 8.88. The number of likely N-dealkylation sites (N-methyl/N-ethyl adjacent to an activating group) is 1. The second kappa shape index (κ2) is 7.78. The van der Waals surface area contributed by atoms with Gasteiger partial charge in [0.2, 0.25) is 0 Å². The molecule has 19 heavy (non-hydrogen) atoms. The number of hydrogen-bond acceptors (Lipinski definition) is 4. The van der Waals surface area contributed by atoms with Crippen molar-refractivity contribution in [3.05, 3.63) is 29.3 Å². The van der Waals surface area contributed by atoms with Gasteiger partial charge < -0.3 is 10.5 Å². The predicted octanol–water partition coefficient (Wildman–Crippen LogP) is 2.10. The molecule has 0 aromatic heterocycles. The average Bonchev–Trinajstić information content (AvgIpc) is 2.44. The molecule has 1 aromatic carbocycles. The first-order chi connectivity index (χ1) is 9.17. The van der Waals surface area contributed by atoms with E-state index >= 15 is 0 Å². The first-order valence-electron chi connectivity index (χ1n) is 6.65. The van der Waals surface area contributed by atoms with Crippen LogP contribution in [0.5, 0.6) is 5.75 Å². The summed E-state index contributed by atoms with van der Waals surface area (Å²) in [7, 11) is 1.63. The molecule has 104 valence electrons. The van der Waals surface area contributed by atoms with Gasteiger partial charge in [0, 0.05) is 24.7 Å². The van der Waals surface area contributed by atoms with Crippen LogP contribution in [0.25, 0.3) is 0 Å². The Kier molecular flexibility index (Phi) is 6.34. The standard InChI is InChI=1S/C15H23N3O/c1-4-18(10-9-17)12(2)13-5-6-15(19-3)14(11-13)7-8-16/h5-6,11-12H,4,7,9-10,17H2,1-3H3. The topological polar surface area (TPSA) is 62.3 Å². The minimum absolute atomic E-state index is 0.289. The fourth-order valence-corrected chi connectivity index (χ4v) is 2.28. The van der Waals surface area contributed by atoms with E-state index in [1.807, 2.05) is 6.07 Å². The van der Waals surface area contributed by atoms with E-state index in [9.17, 15) is 0 Å². The van der Waals surface area contributed by atoms with Gasteiger partial charge in [-0.25, -0.2) is 0 Å². The Labute approximate surface area is 115 Å². The maximum Gasteiger partial charge on any atom is 0.123 e. The molecule has 0 aliphatic carbocycles. The molecule has 1 unspecified atom stereocenters. The predicted molar refractivity (Wildman–Crippen MR) is 77.0 cm³/mol. The molecule has 0 aliphatic rings. The van der Waals surface area contributed by atoms with Crippen molar-refractivity contribution < 1.29 is 4.74 Å². The number of methoxy groups -OCH3 is 1. The van der Waals surface area contributed by atoms with Gasteiger partial charge in [0.1, 0.15) is 5.75 Å². The second-order valence-corrected chi connectivity index (χ2v) is 4.50. The highest BCUT2D eigenvalue weighted by atomic mass is 16.5. The molecule has 0 radical (unpaired) electrons. The smallest absolute Gasteiger partial charge is 0.123 e. The summed E-state index contributed by atoms with van der Waals surface area (Å²) in [6.07, 6.45) is 0.368. The van der Waals surface area contributed by atoms with Crippen molar-refractivity contribution >= 4 is 0 Å². The summed E-state index contributed by atoms with van der Waals surface area (Å²) in [6, 6.07) is 8.53. The van der Waals surface area contributed by atoms with Gasteiger partial charge in [-0.3, -0.25) is 4.90 Å². The Bertz CT molecular complexity index is 440. The van der Waals surface area contributed by atoms with Gasteiger partial charge in [0.05, 0.1) is 19.6 Å². The van der Waals surface area contributed by atoms with Crippen molar-refractivity contribution in [2.24, 2.45) is 5.73 Å². The third-order valence-corrected chi connectivity index (χ3v) is 3.43. The largest absolute Gasteiger partial charge is 0.496 e. The zero-order chi connectivity index (χ0) is 14.3. The van der Waals surface area contributed by atoms with Crippen molar-refractivity contribution in [1.82, 2.24) is 4.90 Å². The normalized spacial score (nSPS) is 12.2. The maximum atomic E-state index is 8.88. The molecule has 0 saturated carbocycles. The lowest BCUT2D eigenvalue weighted by atomic mass is 10.0. The molecule has 0 aliphatic heterocycles. The SMILES string of the molecule is CCN(CCN)C(C)c1ccc(OC)c(CC#N)c1. The average molecular weight is 261 g/mol. The van der Waals surface area contributed by atoms with Crippen molar-refractivity contribution in [3.63, 3.8) is 0 Å². The first kappa shape index (κ1) is 15.5. The monoisotopic (exact) mass is 261 g/mol. The quantitative estimate of drug-likeness (QED) is 0.816. The van der Waals surface area contributed by atoms with Gasteiger partial charge in [0.15, 0.2) is 0 Å². The van der Waals surface area contributed by atoms with Crippen molar-refractivity contribution in [2.75, 3.05) is 26.7 Å². The molecule has 1 aromatic rings. The molecular weight excluding hydrogens is 238 g/mol. The first-order valence-corrected chi connectivity index (χ1v) is 6.65. The number of ether oxygens (including phenoxy) is 1. The summed E-state index contributed by atoms with van der Waals surface area (Å²) in [5.41, 5.74) is 7.78. The van der Waals surface area contributed by atoms with E-state index in [0.717, 1.165) is 24.4 Å². The summed E-state index contributed by atoms with van der Waals surface area (Å²) in [5, 5.41) is 8.88. The van der Waals surface area contributed by atoms with Crippen molar-refractivity contribution in [1.29, 1.82) is 5.26 Å². The summed E-state index contributed by atoms with van der Waals surface area (Å²) in [4.78, 5) is 2.32. The molecule has 1 atom stereocenters. The van der Waals surface area contributed by atoms with E-state index in [1.54, 1.807) is 7.11 Å². The van der Waals surface area contributed by atoms with Gasteiger partial charge in [-0.05, 0) is 31.2 Å². The van der Waals surface area contributed by atoms with Crippen LogP contribution >= 0.6 is 0 Å². The van der Waals surface area contributed by atoms with Crippen LogP contribution in [0.15, 0.2) is 18.2 Å². The van der Waals surface area contributed by atoms with Gasteiger partial charge in [-0.15, -0.1) is 0 Å². The van der Waals surface area contributed by atoms with E-state index in [-0.39, 0.29) is 6.04 Å². The van der Waals surface area contributed by atoms with Gasteiger partial charge in [-0.2, -0.15) is 5.26 Å². The zero-order valence-corrected chi connectivity index (χ0v) is 12.0. The number of benzene rings is 1. The number of nitriles is 1. The van der Waals surface area contributed by atoms with E-state index in [1.165, 1.54) is 5.56 Å². The third kappa shape index (κ3) is 3.95. The summed E-state index contributed by atoms with van der Waals surface area (Å²) in [5.74, 6) is 0.777. The van der Waals surface area contributed by atoms with Gasteiger partial charge >= 0.3 is 0 Å². The molecule has 0 amide bonds. The van der Waals surface area contributed by atoms with Gasteiger partial charge in [0.25, 0.3) is 0 Å². The number of nitrogens with zero attached hydrogens (tertiary/aromatic N) is 2. The van der Waals surface area contributed by atoms with Crippen LogP contribution in [-0.2, 0) is 6.42 Å². The molecular formula is C15H23N3O. The van der Waals surface area contributed by atoms with Crippen LogP contribution in [0.1, 0.15) is 31.0 Å². The summed E-state index contributed by atoms with van der Waals surface area (Å²) < 4.78 is 5.28. The van der Waals surface area contributed by atoms with Crippen LogP contribution in [0, 0.1) is 11.3 Å². The second-order valence-electron chi connectivity index (χ2n) is 4.50. The highest BCUT2D eigenvalue weighted by Crippen LogP contribution is 2.26. The van der Waals surface area contributed by atoms with Gasteiger partial charge in [-0.1, -0.05) is 13.0 Å². The Morgan fingerprint density at radius 1 is 1.47 bits per heavy atom. The fourth-order valence-electron chi connectivity index (χ4n) is 2.28. The fraction of sp³-hybridized carbons (Fsp3) is 0.533. The number of rotatable bonds is 7. The number of hydrogen-bond donors (Lipinski definition) is 1. The molecule has 0 heterocycles. The highest BCUT2D eigenvalue weighted by molar-refractivity contribution is 5.39. The highest BCUT2D eigenvalue weighted by Gasteiger charge is 2.15. The third-order valence-electron chi connectivity index (χ3n) is 3.43. The Hall–Kier alpha value is -1.57. The molecule has 4 nitrogen and oxygen atoms in total. The molecule has 0 bridgehead atoms. The van der Waals surface area contributed by atoms with Crippen molar-refractivity contribution in [3.8, 4) is 11.8 Å². The van der Waals surface area contributed by atoms with E-state index in [0.29, 0.717) is 13.0 Å². The minimum Gasteiger partial charge on any atom is -0.496 e. The zero-order valence-electron chi connectivity index (χ0n) is 12.0. The molecule has 1 rings (SSSR count). The molecule has 0 fully saturated rings. The summed E-state index contributed by atoms with van der Waals surface area (Å²) >= 11 is 0. The lowest BCUT2D eigenvalue weighted by molar-refractivity contribution is 0.228. The summed E-state index contributed by atoms with van der Waals surface area (Å²) in [6.45, 7) is 6.78. The lowest BCUT2D eigenvalue weighted by Gasteiger charge is -2.28. The molecule has 2 N–H and O–H groups in total. The van der Waals surface area contributed by atoms with E-state index < -0.39 is 0 Å². The molecule has 0 spiro atoms. The Balaban J connectivity index is 3.00. The van der Waals surface area contributed by atoms with Crippen LogP contribution in [0.4, 0.5) is 0 Å². The molecule has 4 heteroatoms. The Morgan fingerprint density at radius 2 is 2.21 bits per heavy atom. The van der Waals surface area contributed by atoms with Crippen LogP contribution in [-0.4, -0.2) is 31.6 Å². The van der Waals surface area contributed by atoms with Crippen LogP contribution in [0.2, 0.25) is 0 Å². The van der Waals surface area contributed by atoms with Crippen LogP contribution in [0.3, 0.4) is 0 Å². The minimum atomic E-state index is 0.289. The molecule has 0 saturated heterocycles. The van der Waals surface area contributed by atoms with E-state index in [4.69, 9.17) is 15.7 Å². The lowest BCUT2D eigenvalue weighted by Crippen LogP contribution is -2.31.